The minimum absolute atomic E-state index is 0.0376. The van der Waals surface area contributed by atoms with Crippen molar-refractivity contribution in [3.05, 3.63) is 0 Å². The number of primary amides is 1. The number of ketones is 1. The number of carbonyl (C=O) groups excluding carboxylic acids is 5. The van der Waals surface area contributed by atoms with Gasteiger partial charge in [-0.25, -0.2) is 0 Å². The molecule has 0 bridgehead atoms. The van der Waals surface area contributed by atoms with Crippen molar-refractivity contribution in [2.75, 3.05) is 0 Å². The van der Waals surface area contributed by atoms with Gasteiger partial charge in [-0.05, 0) is 43.4 Å². The number of aliphatic carboxylic acids is 1. The van der Waals surface area contributed by atoms with Gasteiger partial charge in [0.05, 0.1) is 43.2 Å². The number of carboxylic acids is 1. The highest BCUT2D eigenvalue weighted by atomic mass is 16.4. The number of nitrogens with two attached hydrogens (primary N) is 1. The summed E-state index contributed by atoms with van der Waals surface area (Å²) >= 11 is 0. The molecule has 0 aliphatic carbocycles. The lowest BCUT2D eigenvalue weighted by Gasteiger charge is -2.32. The summed E-state index contributed by atoms with van der Waals surface area (Å²) in [5, 5.41) is 41.2. The Kier molecular flexibility index (Phi) is 18.7. The molecule has 9 N–H and O–H groups in total. The first-order chi connectivity index (χ1) is 20.7. The van der Waals surface area contributed by atoms with Crippen LogP contribution in [-0.2, 0) is 28.8 Å². The molecule has 0 saturated carbocycles. The summed E-state index contributed by atoms with van der Waals surface area (Å²) in [6.07, 6.45) is -2.98. The molecule has 3 unspecified atom stereocenters. The van der Waals surface area contributed by atoms with E-state index in [0.717, 1.165) is 0 Å². The standard InChI is InChI=1S/C31H57N5O9/c1-15(2)10-21(35-29(30(32)44)18(7)12-25(40)28(17(5)6)34-20(9)37)23(38)13-26(41)33-19(8)31(45)36-22(11-16(3)4)24(39)14-27(42)43/h15-19,21-24,28-29,35,38-39H,10-14H2,1-9H3,(H2,32,44)(H,33,41)(H,34,37)(H,36,45)(H,42,43)/t18-,19?,21-,22?,23?,24-,28-,29-/m0/s1. The number of rotatable bonds is 22. The highest BCUT2D eigenvalue weighted by Crippen LogP contribution is 2.18. The minimum Gasteiger partial charge on any atom is -0.481 e. The lowest BCUT2D eigenvalue weighted by molar-refractivity contribution is -0.140. The van der Waals surface area contributed by atoms with Gasteiger partial charge in [-0.1, -0.05) is 48.5 Å². The van der Waals surface area contributed by atoms with Gasteiger partial charge in [0.25, 0.3) is 0 Å². The maximum atomic E-state index is 13.0. The van der Waals surface area contributed by atoms with Crippen LogP contribution in [0.3, 0.4) is 0 Å². The van der Waals surface area contributed by atoms with Crippen molar-refractivity contribution in [1.82, 2.24) is 21.3 Å². The molecule has 14 heteroatoms. The van der Waals surface area contributed by atoms with Gasteiger partial charge in [0, 0.05) is 19.4 Å². The second-order valence-corrected chi connectivity index (χ2v) is 13.3. The first-order valence-electron chi connectivity index (χ1n) is 15.7. The lowest BCUT2D eigenvalue weighted by Crippen LogP contribution is -2.56. The second kappa shape index (κ2) is 20.1. The van der Waals surface area contributed by atoms with Gasteiger partial charge in [-0.3, -0.25) is 28.8 Å². The van der Waals surface area contributed by atoms with Crippen LogP contribution < -0.4 is 27.0 Å². The molecule has 0 saturated heterocycles. The van der Waals surface area contributed by atoms with Crippen LogP contribution in [0.25, 0.3) is 0 Å². The zero-order chi connectivity index (χ0) is 35.2. The first kappa shape index (κ1) is 41.9. The molecule has 45 heavy (non-hydrogen) atoms. The van der Waals surface area contributed by atoms with Gasteiger partial charge in [-0.2, -0.15) is 0 Å². The summed E-state index contributed by atoms with van der Waals surface area (Å²) in [7, 11) is 0. The summed E-state index contributed by atoms with van der Waals surface area (Å²) in [6.45, 7) is 15.5. The maximum absolute atomic E-state index is 13.0. The maximum Gasteiger partial charge on any atom is 0.306 e. The molecule has 0 aromatic carbocycles. The first-order valence-corrected chi connectivity index (χ1v) is 15.7. The Morgan fingerprint density at radius 3 is 1.64 bits per heavy atom. The van der Waals surface area contributed by atoms with E-state index in [1.54, 1.807) is 20.8 Å². The molecule has 4 amide bonds. The van der Waals surface area contributed by atoms with Gasteiger partial charge < -0.3 is 42.3 Å². The summed E-state index contributed by atoms with van der Waals surface area (Å²) in [4.78, 5) is 73.8. The Morgan fingerprint density at radius 2 is 1.20 bits per heavy atom. The van der Waals surface area contributed by atoms with E-state index in [2.05, 4.69) is 21.3 Å². The SMILES string of the molecule is CC(=O)N[C@H](C(=O)C[C@H](C)[C@H](N[C@@H](CC(C)C)C(O)CC(=O)NC(C)C(=O)NC(CC(C)C)[C@@H](O)CC(=O)O)C(N)=O)C(C)C. The van der Waals surface area contributed by atoms with Crippen molar-refractivity contribution in [3.8, 4) is 0 Å². The predicted molar refractivity (Wildman–Crippen MR) is 168 cm³/mol. The Labute approximate surface area is 267 Å². The van der Waals surface area contributed by atoms with Crippen LogP contribution in [0.5, 0.6) is 0 Å². The van der Waals surface area contributed by atoms with Crippen LogP contribution in [0.15, 0.2) is 0 Å². The molecule has 8 atom stereocenters. The summed E-state index contributed by atoms with van der Waals surface area (Å²) in [6, 6.07) is -4.44. The number of hydrogen-bond donors (Lipinski definition) is 8. The molecule has 0 radical (unpaired) electrons. The monoisotopic (exact) mass is 643 g/mol. The van der Waals surface area contributed by atoms with E-state index >= 15 is 0 Å². The second-order valence-electron chi connectivity index (χ2n) is 13.3. The molecule has 0 spiro atoms. The third-order valence-corrected chi connectivity index (χ3v) is 7.42. The van der Waals surface area contributed by atoms with Gasteiger partial charge in [0.1, 0.15) is 6.04 Å². The van der Waals surface area contributed by atoms with E-state index in [1.165, 1.54) is 13.8 Å². The topological polar surface area (TPSA) is 237 Å². The quantitative estimate of drug-likeness (QED) is 0.0799. The molecule has 0 aromatic heterocycles. The molecule has 14 nitrogen and oxygen atoms in total. The van der Waals surface area contributed by atoms with Crippen molar-refractivity contribution in [1.29, 1.82) is 0 Å². The summed E-state index contributed by atoms with van der Waals surface area (Å²) in [5.41, 5.74) is 5.69. The van der Waals surface area contributed by atoms with Crippen LogP contribution in [0.4, 0.5) is 0 Å². The zero-order valence-electron chi connectivity index (χ0n) is 28.3. The van der Waals surface area contributed by atoms with E-state index in [1.807, 2.05) is 27.7 Å². The van der Waals surface area contributed by atoms with Crippen molar-refractivity contribution in [3.63, 3.8) is 0 Å². The molecule has 0 aliphatic heterocycles. The largest absolute Gasteiger partial charge is 0.481 e. The Morgan fingerprint density at radius 1 is 0.689 bits per heavy atom. The molecule has 0 aromatic rings. The highest BCUT2D eigenvalue weighted by molar-refractivity contribution is 5.90. The highest BCUT2D eigenvalue weighted by Gasteiger charge is 2.34. The number of hydrogen-bond acceptors (Lipinski definition) is 9. The van der Waals surface area contributed by atoms with Gasteiger partial charge in [-0.15, -0.1) is 0 Å². The van der Waals surface area contributed by atoms with E-state index in [4.69, 9.17) is 10.8 Å². The van der Waals surface area contributed by atoms with Crippen LogP contribution >= 0.6 is 0 Å². The number of nitrogens with one attached hydrogen (secondary N) is 4. The molecule has 0 rings (SSSR count). The van der Waals surface area contributed by atoms with Crippen LogP contribution in [0.1, 0.15) is 94.4 Å². The average Bonchev–Trinajstić information content (AvgIpc) is 2.87. The number of amides is 4. The summed E-state index contributed by atoms with van der Waals surface area (Å²) in [5.74, 6) is -4.55. The van der Waals surface area contributed by atoms with Crippen molar-refractivity contribution < 1.29 is 44.1 Å². The van der Waals surface area contributed by atoms with E-state index in [0.29, 0.717) is 12.8 Å². The van der Waals surface area contributed by atoms with Gasteiger partial charge in [0.15, 0.2) is 5.78 Å². The molecule has 0 aliphatic rings. The van der Waals surface area contributed by atoms with E-state index in [9.17, 15) is 39.0 Å². The predicted octanol–water partition coefficient (Wildman–Crippen LogP) is 0.223. The fourth-order valence-electron chi connectivity index (χ4n) is 5.15. The van der Waals surface area contributed by atoms with Crippen LogP contribution in [0.2, 0.25) is 0 Å². The molecule has 0 fully saturated rings. The Bertz CT molecular complexity index is 1000. The van der Waals surface area contributed by atoms with Gasteiger partial charge >= 0.3 is 5.97 Å². The fourth-order valence-corrected chi connectivity index (χ4v) is 5.15. The normalized spacial score (nSPS) is 17.0. The van der Waals surface area contributed by atoms with Crippen molar-refractivity contribution >= 4 is 35.4 Å². The Balaban J connectivity index is 5.57. The average molecular weight is 644 g/mol. The van der Waals surface area contributed by atoms with Crippen molar-refractivity contribution in [2.45, 2.75) is 137 Å². The number of aliphatic hydroxyl groups excluding tert-OH is 2. The zero-order valence-corrected chi connectivity index (χ0v) is 28.3. The van der Waals surface area contributed by atoms with Crippen LogP contribution in [-0.4, -0.2) is 93.1 Å². The number of carboxylic acid groups (broad SMARTS) is 1. The third kappa shape index (κ3) is 16.7. The number of carbonyl (C=O) groups is 6. The minimum atomic E-state index is -1.32. The van der Waals surface area contributed by atoms with Crippen molar-refractivity contribution in [2.24, 2.45) is 29.4 Å². The Hall–Kier alpha value is -3.10. The summed E-state index contributed by atoms with van der Waals surface area (Å²) < 4.78 is 0. The molecular formula is C31H57N5O9. The molecule has 260 valence electrons. The lowest BCUT2D eigenvalue weighted by atomic mass is 9.88. The van der Waals surface area contributed by atoms with E-state index < -0.39 is 84.9 Å². The third-order valence-electron chi connectivity index (χ3n) is 7.42. The number of aliphatic hydroxyl groups is 2. The molecule has 0 heterocycles. The molecular weight excluding hydrogens is 586 g/mol. The van der Waals surface area contributed by atoms with Gasteiger partial charge in [0.2, 0.25) is 23.6 Å². The fraction of sp³-hybridized carbons (Fsp3) is 0.806. The smallest absolute Gasteiger partial charge is 0.306 e. The van der Waals surface area contributed by atoms with Crippen LogP contribution in [0, 0.1) is 23.7 Å². The number of Topliss-reactive ketones (excluding diaryl/α,β-unsaturated/α-hetero) is 1. The van der Waals surface area contributed by atoms with E-state index in [-0.39, 0.29) is 35.9 Å².